The minimum absolute atomic E-state index is 0.0470. The topological polar surface area (TPSA) is 20.3 Å². The summed E-state index contributed by atoms with van der Waals surface area (Å²) in [6, 6.07) is 13.2. The molecule has 0 spiro atoms. The molecule has 1 aliphatic rings. The van der Waals surface area contributed by atoms with Crippen LogP contribution in [0.25, 0.3) is 0 Å². The number of nitrogens with zero attached hydrogens (tertiary/aromatic N) is 1. The molecule has 1 aliphatic carbocycles. The van der Waals surface area contributed by atoms with Crippen molar-refractivity contribution >= 4 is 17.7 Å². The molecule has 0 bridgehead atoms. The van der Waals surface area contributed by atoms with E-state index in [2.05, 4.69) is 6.07 Å². The molecule has 25 heavy (non-hydrogen) atoms. The third kappa shape index (κ3) is 4.00. The van der Waals surface area contributed by atoms with E-state index in [9.17, 15) is 18.0 Å². The molecule has 0 saturated heterocycles. The first-order valence-electron chi connectivity index (χ1n) is 8.00. The minimum Gasteiger partial charge on any atom is -0.338 e. The summed E-state index contributed by atoms with van der Waals surface area (Å²) in [6.07, 6.45) is -2.54. The zero-order valence-electron chi connectivity index (χ0n) is 13.7. The average Bonchev–Trinajstić information content (AvgIpc) is 3.02. The molecule has 6 heteroatoms. The van der Waals surface area contributed by atoms with Gasteiger partial charge in [0.2, 0.25) is 5.91 Å². The first-order valence-corrected chi connectivity index (χ1v) is 8.98. The van der Waals surface area contributed by atoms with Gasteiger partial charge in [-0.1, -0.05) is 30.3 Å². The van der Waals surface area contributed by atoms with Gasteiger partial charge in [-0.15, -0.1) is 11.8 Å². The minimum atomic E-state index is -4.37. The maximum absolute atomic E-state index is 12.8. The van der Waals surface area contributed by atoms with Crippen LogP contribution in [0.2, 0.25) is 0 Å². The van der Waals surface area contributed by atoms with Gasteiger partial charge in [-0.25, -0.2) is 0 Å². The highest BCUT2D eigenvalue weighted by molar-refractivity contribution is 8.00. The second-order valence-electron chi connectivity index (χ2n) is 6.07. The van der Waals surface area contributed by atoms with E-state index in [1.165, 1.54) is 17.2 Å². The number of thioether (sulfide) groups is 1. The number of carbonyl (C=O) groups is 1. The predicted octanol–water partition coefficient (Wildman–Crippen LogP) is 4.94. The number of benzene rings is 2. The molecule has 1 unspecified atom stereocenters. The predicted molar refractivity (Wildman–Crippen MR) is 92.4 cm³/mol. The molecule has 132 valence electrons. The summed E-state index contributed by atoms with van der Waals surface area (Å²) in [5, 5.41) is 0. The Balaban J connectivity index is 1.64. The van der Waals surface area contributed by atoms with E-state index < -0.39 is 11.7 Å². The quantitative estimate of drug-likeness (QED) is 0.715. The van der Waals surface area contributed by atoms with Crippen molar-refractivity contribution in [1.82, 2.24) is 4.90 Å². The summed E-state index contributed by atoms with van der Waals surface area (Å²) in [6.45, 7) is 0. The molecule has 0 aromatic heterocycles. The van der Waals surface area contributed by atoms with E-state index >= 15 is 0 Å². The van der Waals surface area contributed by atoms with E-state index in [-0.39, 0.29) is 17.7 Å². The summed E-state index contributed by atoms with van der Waals surface area (Å²) in [5.74, 6) is 0.0420. The largest absolute Gasteiger partial charge is 0.416 e. The van der Waals surface area contributed by atoms with Gasteiger partial charge in [-0.2, -0.15) is 13.2 Å². The first kappa shape index (κ1) is 17.9. The van der Waals surface area contributed by atoms with Crippen LogP contribution in [0.15, 0.2) is 53.4 Å². The van der Waals surface area contributed by atoms with Crippen molar-refractivity contribution in [1.29, 1.82) is 0 Å². The highest BCUT2D eigenvalue weighted by Crippen LogP contribution is 2.36. The lowest BCUT2D eigenvalue weighted by molar-refractivity contribution is -0.137. The van der Waals surface area contributed by atoms with Gasteiger partial charge in [0.15, 0.2) is 0 Å². The van der Waals surface area contributed by atoms with Crippen molar-refractivity contribution in [3.05, 3.63) is 65.2 Å². The van der Waals surface area contributed by atoms with Gasteiger partial charge < -0.3 is 4.90 Å². The third-order valence-corrected chi connectivity index (χ3v) is 5.46. The molecule has 0 fully saturated rings. The van der Waals surface area contributed by atoms with E-state index in [0.717, 1.165) is 36.7 Å². The number of hydrogen-bond donors (Lipinski definition) is 0. The van der Waals surface area contributed by atoms with Crippen molar-refractivity contribution in [3.8, 4) is 0 Å². The smallest absolute Gasteiger partial charge is 0.338 e. The molecule has 0 aliphatic heterocycles. The Kier molecular flexibility index (Phi) is 5.08. The normalized spacial score (nSPS) is 16.6. The molecular weight excluding hydrogens is 347 g/mol. The molecule has 2 aromatic carbocycles. The van der Waals surface area contributed by atoms with Crippen molar-refractivity contribution in [2.75, 3.05) is 12.8 Å². The van der Waals surface area contributed by atoms with E-state index in [1.54, 1.807) is 18.0 Å². The molecule has 0 heterocycles. The summed E-state index contributed by atoms with van der Waals surface area (Å²) in [5.41, 5.74) is 1.74. The molecule has 0 N–H and O–H groups in total. The van der Waals surface area contributed by atoms with Gasteiger partial charge >= 0.3 is 6.18 Å². The molecule has 3 rings (SSSR count). The van der Waals surface area contributed by atoms with Crippen LogP contribution in [0.5, 0.6) is 0 Å². The monoisotopic (exact) mass is 365 g/mol. The van der Waals surface area contributed by atoms with Gasteiger partial charge in [0, 0.05) is 11.9 Å². The SMILES string of the molecule is CN(C(=O)CSc1cccc(C(F)(F)F)c1)C1CCc2ccccc21. The molecule has 2 nitrogen and oxygen atoms in total. The van der Waals surface area contributed by atoms with Crippen molar-refractivity contribution in [2.24, 2.45) is 0 Å². The van der Waals surface area contributed by atoms with Crippen LogP contribution < -0.4 is 0 Å². The lowest BCUT2D eigenvalue weighted by atomic mass is 10.1. The van der Waals surface area contributed by atoms with Gasteiger partial charge in [0.25, 0.3) is 0 Å². The Hall–Kier alpha value is -1.95. The number of halogens is 3. The number of amides is 1. The molecule has 0 radical (unpaired) electrons. The fraction of sp³-hybridized carbons (Fsp3) is 0.316. The maximum atomic E-state index is 12.8. The van der Waals surface area contributed by atoms with Crippen molar-refractivity contribution in [3.63, 3.8) is 0 Å². The zero-order valence-corrected chi connectivity index (χ0v) is 14.5. The number of alkyl halides is 3. The lowest BCUT2D eigenvalue weighted by Crippen LogP contribution is -2.31. The van der Waals surface area contributed by atoms with E-state index in [4.69, 9.17) is 0 Å². The van der Waals surface area contributed by atoms with Crippen LogP contribution in [0.1, 0.15) is 29.2 Å². The van der Waals surface area contributed by atoms with Gasteiger partial charge in [0.05, 0.1) is 17.4 Å². The Morgan fingerprint density at radius 3 is 2.72 bits per heavy atom. The molecule has 0 saturated carbocycles. The fourth-order valence-corrected chi connectivity index (χ4v) is 4.00. The second kappa shape index (κ2) is 7.12. The Morgan fingerprint density at radius 1 is 1.20 bits per heavy atom. The maximum Gasteiger partial charge on any atom is 0.416 e. The lowest BCUT2D eigenvalue weighted by Gasteiger charge is -2.25. The van der Waals surface area contributed by atoms with Crippen LogP contribution in [0.3, 0.4) is 0 Å². The van der Waals surface area contributed by atoms with Gasteiger partial charge in [-0.05, 0) is 42.2 Å². The summed E-state index contributed by atoms with van der Waals surface area (Å²) >= 11 is 1.14. The summed E-state index contributed by atoms with van der Waals surface area (Å²) in [7, 11) is 1.77. The molecule has 2 aromatic rings. The number of aryl methyl sites for hydroxylation is 1. The van der Waals surface area contributed by atoms with Crippen LogP contribution in [-0.4, -0.2) is 23.6 Å². The Bertz CT molecular complexity index is 775. The fourth-order valence-electron chi connectivity index (χ4n) is 3.12. The standard InChI is InChI=1S/C19H18F3NOS/c1-23(17-10-9-13-5-2-3-8-16(13)17)18(24)12-25-15-7-4-6-14(11-15)19(20,21)22/h2-8,11,17H,9-10,12H2,1H3. The van der Waals surface area contributed by atoms with E-state index in [0.29, 0.717) is 4.90 Å². The number of rotatable bonds is 4. The number of hydrogen-bond acceptors (Lipinski definition) is 2. The molecular formula is C19H18F3NOS. The highest BCUT2D eigenvalue weighted by Gasteiger charge is 2.31. The molecule has 1 atom stereocenters. The third-order valence-electron chi connectivity index (χ3n) is 4.49. The average molecular weight is 365 g/mol. The van der Waals surface area contributed by atoms with E-state index in [1.807, 2.05) is 18.2 Å². The first-order chi connectivity index (χ1) is 11.9. The Labute approximate surface area is 149 Å². The van der Waals surface area contributed by atoms with Crippen LogP contribution in [0, 0.1) is 0 Å². The van der Waals surface area contributed by atoms with Gasteiger partial charge in [-0.3, -0.25) is 4.79 Å². The van der Waals surface area contributed by atoms with Crippen molar-refractivity contribution in [2.45, 2.75) is 30.0 Å². The summed E-state index contributed by atoms with van der Waals surface area (Å²) in [4.78, 5) is 14.6. The van der Waals surface area contributed by atoms with Crippen LogP contribution in [0.4, 0.5) is 13.2 Å². The van der Waals surface area contributed by atoms with Crippen molar-refractivity contribution < 1.29 is 18.0 Å². The summed E-state index contributed by atoms with van der Waals surface area (Å²) < 4.78 is 38.3. The zero-order chi connectivity index (χ0) is 18.0. The highest BCUT2D eigenvalue weighted by atomic mass is 32.2. The Morgan fingerprint density at radius 2 is 1.96 bits per heavy atom. The number of fused-ring (bicyclic) bond motifs is 1. The van der Waals surface area contributed by atoms with Gasteiger partial charge in [0.1, 0.15) is 0 Å². The molecule has 1 amide bonds. The van der Waals surface area contributed by atoms with Crippen LogP contribution >= 0.6 is 11.8 Å². The van der Waals surface area contributed by atoms with Crippen LogP contribution in [-0.2, 0) is 17.4 Å². The second-order valence-corrected chi connectivity index (χ2v) is 7.12. The number of carbonyl (C=O) groups excluding carboxylic acids is 1.